The Balaban J connectivity index is -0.000000165. The van der Waals surface area contributed by atoms with Gasteiger partial charge in [0.25, 0.3) is 0 Å². The number of carboxylic acid groups (broad SMARTS) is 5. The third-order valence-corrected chi connectivity index (χ3v) is 10.5. The van der Waals surface area contributed by atoms with Crippen LogP contribution in [-0.4, -0.2) is 80.3 Å². The van der Waals surface area contributed by atoms with Crippen molar-refractivity contribution in [2.24, 2.45) is 5.73 Å². The van der Waals surface area contributed by atoms with Crippen molar-refractivity contribution in [1.82, 2.24) is 4.90 Å². The molecule has 0 amide bonds. The van der Waals surface area contributed by atoms with E-state index in [-0.39, 0.29) is 5.96 Å². The second-order valence-corrected chi connectivity index (χ2v) is 17.6. The van der Waals surface area contributed by atoms with Gasteiger partial charge in [0.05, 0.1) is 0 Å². The van der Waals surface area contributed by atoms with Gasteiger partial charge in [0.2, 0.25) is 0 Å². The first-order valence-corrected chi connectivity index (χ1v) is 26.6. The predicted molar refractivity (Wildman–Crippen MR) is 277 cm³/mol. The summed E-state index contributed by atoms with van der Waals surface area (Å²) in [6.45, 7) is 11.0. The van der Waals surface area contributed by atoms with Gasteiger partial charge in [0.1, 0.15) is 0 Å². The number of guanidine groups is 1. The standard InChI is InChI=1S/5C10H20O2.C3H9N3/c5*1-2-3-4-5-6-7-8-9-10(11)12;1-6(2)3(4)5/h5*2-9H2,1H3,(H,11,12);1-2H3,(H3,4,5). The smallest absolute Gasteiger partial charge is 0.303 e. The summed E-state index contributed by atoms with van der Waals surface area (Å²) >= 11 is 0. The molecule has 0 unspecified atom stereocenters. The highest BCUT2D eigenvalue weighted by Gasteiger charge is 1.99. The van der Waals surface area contributed by atoms with Crippen LogP contribution in [0.25, 0.3) is 0 Å². The third kappa shape index (κ3) is 104. The van der Waals surface area contributed by atoms with Crippen LogP contribution in [0.15, 0.2) is 0 Å². The molecule has 66 heavy (non-hydrogen) atoms. The van der Waals surface area contributed by atoms with E-state index in [4.69, 9.17) is 36.7 Å². The molecular formula is C53H109N3O10. The van der Waals surface area contributed by atoms with Crippen molar-refractivity contribution < 1.29 is 49.5 Å². The van der Waals surface area contributed by atoms with Gasteiger partial charge in [0, 0.05) is 46.2 Å². The summed E-state index contributed by atoms with van der Waals surface area (Å²) in [6.07, 6.45) is 43.2. The van der Waals surface area contributed by atoms with E-state index in [9.17, 15) is 24.0 Å². The summed E-state index contributed by atoms with van der Waals surface area (Å²) in [5.41, 5.74) is 4.94. The molecule has 0 atom stereocenters. The molecular weight excluding hydrogens is 839 g/mol. The lowest BCUT2D eigenvalue weighted by Gasteiger charge is -2.05. The van der Waals surface area contributed by atoms with Crippen molar-refractivity contribution in [3.05, 3.63) is 0 Å². The first kappa shape index (κ1) is 74.2. The van der Waals surface area contributed by atoms with E-state index in [0.717, 1.165) is 64.2 Å². The summed E-state index contributed by atoms with van der Waals surface area (Å²) in [5.74, 6) is -3.22. The zero-order valence-electron chi connectivity index (χ0n) is 44.1. The Morgan fingerprint density at radius 3 is 0.500 bits per heavy atom. The van der Waals surface area contributed by atoms with Crippen molar-refractivity contribution in [2.45, 2.75) is 291 Å². The number of carboxylic acids is 5. The number of unbranched alkanes of at least 4 members (excludes halogenated alkanes) is 30. The van der Waals surface area contributed by atoms with Crippen molar-refractivity contribution in [3.8, 4) is 0 Å². The maximum atomic E-state index is 10.1. The molecule has 13 nitrogen and oxygen atoms in total. The number of rotatable bonds is 40. The molecule has 0 spiro atoms. The normalized spacial score (nSPS) is 9.86. The minimum absolute atomic E-state index is 0.0926. The maximum Gasteiger partial charge on any atom is 0.303 e. The molecule has 0 aliphatic rings. The van der Waals surface area contributed by atoms with E-state index in [1.807, 2.05) is 0 Å². The Hall–Kier alpha value is -3.38. The van der Waals surface area contributed by atoms with Gasteiger partial charge in [-0.05, 0) is 32.1 Å². The monoisotopic (exact) mass is 948 g/mol. The van der Waals surface area contributed by atoms with Gasteiger partial charge >= 0.3 is 29.8 Å². The fraction of sp³-hybridized carbons (Fsp3) is 0.887. The van der Waals surface area contributed by atoms with E-state index < -0.39 is 29.8 Å². The summed E-state index contributed by atoms with van der Waals surface area (Å²) < 4.78 is 0. The van der Waals surface area contributed by atoms with Gasteiger partial charge in [-0.3, -0.25) is 29.4 Å². The number of nitrogens with zero attached hydrogens (tertiary/aromatic N) is 1. The van der Waals surface area contributed by atoms with Crippen LogP contribution in [0.3, 0.4) is 0 Å². The zero-order valence-corrected chi connectivity index (χ0v) is 44.1. The van der Waals surface area contributed by atoms with E-state index in [2.05, 4.69) is 34.6 Å². The van der Waals surface area contributed by atoms with E-state index >= 15 is 0 Å². The van der Waals surface area contributed by atoms with Gasteiger partial charge < -0.3 is 36.2 Å². The van der Waals surface area contributed by atoms with Crippen LogP contribution in [0.4, 0.5) is 0 Å². The highest BCUT2D eigenvalue weighted by atomic mass is 16.4. The Bertz CT molecular complexity index is 865. The summed E-state index contributed by atoms with van der Waals surface area (Å²) in [4.78, 5) is 52.2. The maximum absolute atomic E-state index is 10.1. The largest absolute Gasteiger partial charge is 0.481 e. The Morgan fingerprint density at radius 2 is 0.409 bits per heavy atom. The topological polar surface area (TPSA) is 240 Å². The summed E-state index contributed by atoms with van der Waals surface area (Å²) in [5, 5.41) is 48.4. The number of nitrogens with one attached hydrogen (secondary N) is 1. The van der Waals surface area contributed by atoms with Crippen LogP contribution in [0, 0.1) is 5.41 Å². The summed E-state index contributed by atoms with van der Waals surface area (Å²) in [7, 11) is 3.45. The van der Waals surface area contributed by atoms with E-state index in [1.54, 1.807) is 14.1 Å². The lowest BCUT2D eigenvalue weighted by Crippen LogP contribution is -2.28. The predicted octanol–water partition coefficient (Wildman–Crippen LogP) is 15.5. The van der Waals surface area contributed by atoms with Gasteiger partial charge in [-0.25, -0.2) is 0 Å². The van der Waals surface area contributed by atoms with Crippen LogP contribution in [0.2, 0.25) is 0 Å². The number of aliphatic carboxylic acids is 5. The Morgan fingerprint density at radius 1 is 0.303 bits per heavy atom. The fourth-order valence-corrected chi connectivity index (χ4v) is 6.17. The third-order valence-electron chi connectivity index (χ3n) is 10.5. The van der Waals surface area contributed by atoms with Gasteiger partial charge in [0.15, 0.2) is 5.96 Å². The molecule has 0 aliphatic carbocycles. The molecule has 396 valence electrons. The second-order valence-electron chi connectivity index (χ2n) is 17.6. The second kappa shape index (κ2) is 68.2. The zero-order chi connectivity index (χ0) is 51.3. The van der Waals surface area contributed by atoms with Crippen LogP contribution < -0.4 is 5.73 Å². The molecule has 0 aromatic heterocycles. The molecule has 0 saturated carbocycles. The molecule has 8 N–H and O–H groups in total. The molecule has 0 fully saturated rings. The fourth-order valence-electron chi connectivity index (χ4n) is 6.17. The summed E-state index contributed by atoms with van der Waals surface area (Å²) in [6, 6.07) is 0. The highest BCUT2D eigenvalue weighted by Crippen LogP contribution is 2.11. The molecule has 0 aromatic rings. The Kier molecular flexibility index (Phi) is 76.6. The van der Waals surface area contributed by atoms with Crippen molar-refractivity contribution in [1.29, 1.82) is 5.41 Å². The molecule has 0 aromatic carbocycles. The molecule has 13 heteroatoms. The number of hydrogen-bond acceptors (Lipinski definition) is 6. The van der Waals surface area contributed by atoms with Crippen molar-refractivity contribution in [3.63, 3.8) is 0 Å². The lowest BCUT2D eigenvalue weighted by atomic mass is 10.1. The van der Waals surface area contributed by atoms with E-state index in [0.29, 0.717) is 32.1 Å². The molecule has 0 radical (unpaired) electrons. The highest BCUT2D eigenvalue weighted by molar-refractivity contribution is 5.73. The first-order chi connectivity index (χ1) is 31.5. The minimum atomic E-state index is -0.663. The molecule has 0 aliphatic heterocycles. The van der Waals surface area contributed by atoms with Crippen LogP contribution in [0.5, 0.6) is 0 Å². The van der Waals surface area contributed by atoms with Crippen LogP contribution in [-0.2, 0) is 24.0 Å². The van der Waals surface area contributed by atoms with Gasteiger partial charge in [-0.1, -0.05) is 227 Å². The molecule has 0 saturated heterocycles. The van der Waals surface area contributed by atoms with Crippen LogP contribution >= 0.6 is 0 Å². The van der Waals surface area contributed by atoms with Crippen molar-refractivity contribution >= 4 is 35.8 Å². The number of hydrogen-bond donors (Lipinski definition) is 7. The van der Waals surface area contributed by atoms with Crippen LogP contribution in [0.1, 0.15) is 291 Å². The SMILES string of the molecule is CCCCCCCCCC(=O)O.CCCCCCCCCC(=O)O.CCCCCCCCCC(=O)O.CCCCCCCCCC(=O)O.CCCCCCCCCC(=O)O.CN(C)C(=N)N. The first-order valence-electron chi connectivity index (χ1n) is 26.6. The lowest BCUT2D eigenvalue weighted by molar-refractivity contribution is -0.138. The Labute approximate surface area is 405 Å². The number of carbonyl (C=O) groups is 5. The van der Waals surface area contributed by atoms with Gasteiger partial charge in [-0.15, -0.1) is 0 Å². The average molecular weight is 948 g/mol. The van der Waals surface area contributed by atoms with Crippen molar-refractivity contribution in [2.75, 3.05) is 14.1 Å². The molecule has 0 rings (SSSR count). The average Bonchev–Trinajstić information content (AvgIpc) is 3.25. The van der Waals surface area contributed by atoms with Gasteiger partial charge in [-0.2, -0.15) is 0 Å². The minimum Gasteiger partial charge on any atom is -0.481 e. The molecule has 0 heterocycles. The molecule has 0 bridgehead atoms. The number of nitrogens with two attached hydrogens (primary N) is 1. The van der Waals surface area contributed by atoms with E-state index in [1.165, 1.54) is 165 Å². The quantitative estimate of drug-likeness (QED) is 0.0172.